The lowest BCUT2D eigenvalue weighted by Gasteiger charge is -2.31. The number of nitrogens with one attached hydrogen (secondary N) is 2. The molecule has 2 amide bonds. The zero-order valence-corrected chi connectivity index (χ0v) is 27.7. The minimum atomic E-state index is -1.31. The molecule has 3 fully saturated rings. The van der Waals surface area contributed by atoms with Crippen molar-refractivity contribution in [2.75, 3.05) is 19.7 Å². The SMILES string of the molecule is O=C(CCNC(=O)C1=CC2OC(c3ccccc3)(c3ccccc3)OC2C(OC(=O)c2ccc(C=CC3CCC4OC4C3)cc2)C1)NCCO. The highest BCUT2D eigenvalue weighted by Gasteiger charge is 2.55. The Morgan fingerprint density at radius 3 is 2.26 bits per heavy atom. The average Bonchev–Trinajstić information content (AvgIpc) is 3.82. The normalized spacial score (nSPS) is 26.3. The highest BCUT2D eigenvalue weighted by molar-refractivity contribution is 5.94. The molecule has 3 N–H and O–H groups in total. The van der Waals surface area contributed by atoms with Crippen LogP contribution in [0, 0.1) is 5.92 Å². The van der Waals surface area contributed by atoms with Crippen LogP contribution in [0.3, 0.4) is 0 Å². The molecule has 2 saturated heterocycles. The van der Waals surface area contributed by atoms with Crippen molar-refractivity contribution in [1.29, 1.82) is 0 Å². The second-order valence-electron chi connectivity index (χ2n) is 13.2. The molecule has 260 valence electrons. The number of aliphatic hydroxyl groups excluding tert-OH is 1. The van der Waals surface area contributed by atoms with Crippen molar-refractivity contribution in [2.24, 2.45) is 5.92 Å². The molecule has 0 radical (unpaired) electrons. The fraction of sp³-hybridized carbons (Fsp3) is 0.375. The van der Waals surface area contributed by atoms with Crippen molar-refractivity contribution in [3.63, 3.8) is 0 Å². The summed E-state index contributed by atoms with van der Waals surface area (Å²) in [5.74, 6) is -2.02. The summed E-state index contributed by atoms with van der Waals surface area (Å²) < 4.78 is 25.3. The molecule has 3 aromatic carbocycles. The van der Waals surface area contributed by atoms with E-state index in [1.165, 1.54) is 0 Å². The number of epoxide rings is 1. The second kappa shape index (κ2) is 15.1. The van der Waals surface area contributed by atoms with Crippen LogP contribution < -0.4 is 10.6 Å². The molecule has 10 nitrogen and oxygen atoms in total. The van der Waals surface area contributed by atoms with Gasteiger partial charge in [0.15, 0.2) is 0 Å². The van der Waals surface area contributed by atoms with Crippen LogP contribution in [0.25, 0.3) is 6.08 Å². The Labute approximate surface area is 291 Å². The van der Waals surface area contributed by atoms with E-state index in [1.54, 1.807) is 18.2 Å². The van der Waals surface area contributed by atoms with Gasteiger partial charge >= 0.3 is 5.97 Å². The van der Waals surface area contributed by atoms with Gasteiger partial charge in [-0.25, -0.2) is 4.79 Å². The van der Waals surface area contributed by atoms with E-state index in [-0.39, 0.29) is 38.4 Å². The minimum absolute atomic E-state index is 0.0511. The number of carbonyl (C=O) groups excluding carboxylic acids is 3. The summed E-state index contributed by atoms with van der Waals surface area (Å²) in [4.78, 5) is 39.1. The maximum atomic E-state index is 13.6. The van der Waals surface area contributed by atoms with E-state index in [0.717, 1.165) is 36.0 Å². The molecule has 50 heavy (non-hydrogen) atoms. The van der Waals surface area contributed by atoms with Crippen molar-refractivity contribution in [3.05, 3.63) is 125 Å². The van der Waals surface area contributed by atoms with Gasteiger partial charge in [0.2, 0.25) is 17.6 Å². The summed E-state index contributed by atoms with van der Waals surface area (Å²) in [7, 11) is 0. The molecule has 6 unspecified atom stereocenters. The highest BCUT2D eigenvalue weighted by atomic mass is 16.8. The molecule has 7 rings (SSSR count). The van der Waals surface area contributed by atoms with Gasteiger partial charge in [-0.15, -0.1) is 0 Å². The van der Waals surface area contributed by atoms with Crippen molar-refractivity contribution in [3.8, 4) is 0 Å². The van der Waals surface area contributed by atoms with Crippen LogP contribution in [0.5, 0.6) is 0 Å². The van der Waals surface area contributed by atoms with Crippen molar-refractivity contribution >= 4 is 23.9 Å². The van der Waals surface area contributed by atoms with Gasteiger partial charge in [-0.3, -0.25) is 9.59 Å². The van der Waals surface area contributed by atoms with Crippen molar-refractivity contribution < 1.29 is 38.4 Å². The predicted octanol–water partition coefficient (Wildman–Crippen LogP) is 4.42. The molecule has 2 heterocycles. The van der Waals surface area contributed by atoms with Crippen molar-refractivity contribution in [2.45, 2.75) is 68.4 Å². The molecule has 0 aromatic heterocycles. The van der Waals surface area contributed by atoms with Crippen LogP contribution in [0.1, 0.15) is 59.2 Å². The van der Waals surface area contributed by atoms with Crippen LogP contribution in [0.4, 0.5) is 0 Å². The zero-order valence-electron chi connectivity index (χ0n) is 27.7. The topological polar surface area (TPSA) is 136 Å². The smallest absolute Gasteiger partial charge is 0.338 e. The maximum absolute atomic E-state index is 13.6. The maximum Gasteiger partial charge on any atom is 0.338 e. The van der Waals surface area contributed by atoms with Gasteiger partial charge in [0.1, 0.15) is 18.3 Å². The molecular formula is C40H42N2O8. The second-order valence-corrected chi connectivity index (χ2v) is 13.2. The fourth-order valence-corrected chi connectivity index (χ4v) is 7.07. The molecule has 1 saturated carbocycles. The third kappa shape index (κ3) is 7.58. The standard InChI is InChI=1S/C40H42N2O8/c43-22-21-41-36(44)19-20-42-38(45)29-24-34(48-39(46)28-16-13-26(14-17-28)11-12-27-15-18-32-33(23-27)47-32)37-35(25-29)49-40(50-37,30-7-3-1-4-8-30)31-9-5-2-6-10-31/h1-14,16-17,25,27,32-35,37,43H,15,18-24H2,(H,41,44)(H,42,45). The largest absolute Gasteiger partial charge is 0.456 e. The lowest BCUT2D eigenvalue weighted by atomic mass is 9.89. The Morgan fingerprint density at radius 2 is 1.58 bits per heavy atom. The van der Waals surface area contributed by atoms with Crippen LogP contribution in [-0.2, 0) is 34.3 Å². The number of rotatable bonds is 12. The van der Waals surface area contributed by atoms with Crippen LogP contribution in [-0.4, -0.2) is 73.1 Å². The Bertz CT molecular complexity index is 1690. The molecular weight excluding hydrogens is 636 g/mol. The number of hydrogen-bond donors (Lipinski definition) is 3. The van der Waals surface area contributed by atoms with E-state index in [4.69, 9.17) is 24.1 Å². The summed E-state index contributed by atoms with van der Waals surface area (Å²) in [6.07, 6.45) is 8.10. The van der Waals surface area contributed by atoms with Gasteiger partial charge in [0, 0.05) is 42.6 Å². The number of aliphatic hydroxyl groups is 1. The quantitative estimate of drug-likeness (QED) is 0.189. The number of amides is 2. The van der Waals surface area contributed by atoms with Gasteiger partial charge in [-0.1, -0.05) is 84.9 Å². The fourth-order valence-electron chi connectivity index (χ4n) is 7.07. The van der Waals surface area contributed by atoms with E-state index in [2.05, 4.69) is 22.8 Å². The van der Waals surface area contributed by atoms with E-state index in [0.29, 0.717) is 29.3 Å². The minimum Gasteiger partial charge on any atom is -0.456 e. The molecule has 0 bridgehead atoms. The number of carbonyl (C=O) groups is 3. The Kier molecular flexibility index (Phi) is 10.2. The molecule has 10 heteroatoms. The summed E-state index contributed by atoms with van der Waals surface area (Å²) in [5, 5.41) is 14.3. The Morgan fingerprint density at radius 1 is 0.860 bits per heavy atom. The molecule has 4 aliphatic rings. The first-order valence-electron chi connectivity index (χ1n) is 17.4. The third-order valence-corrected chi connectivity index (χ3v) is 9.76. The Balaban J connectivity index is 1.10. The number of ether oxygens (including phenoxy) is 4. The lowest BCUT2D eigenvalue weighted by Crippen LogP contribution is -2.44. The monoisotopic (exact) mass is 678 g/mol. The van der Waals surface area contributed by atoms with Crippen LogP contribution in [0.15, 0.2) is 103 Å². The first-order valence-corrected chi connectivity index (χ1v) is 17.4. The van der Waals surface area contributed by atoms with E-state index in [9.17, 15) is 14.4 Å². The number of allylic oxidation sites excluding steroid dienone is 1. The van der Waals surface area contributed by atoms with Gasteiger partial charge in [-0.2, -0.15) is 0 Å². The summed E-state index contributed by atoms with van der Waals surface area (Å²) in [6.45, 7) is 0.0752. The number of hydrogen-bond acceptors (Lipinski definition) is 8. The summed E-state index contributed by atoms with van der Waals surface area (Å²) >= 11 is 0. The highest BCUT2D eigenvalue weighted by Crippen LogP contribution is 2.47. The van der Waals surface area contributed by atoms with Gasteiger partial charge in [0.05, 0.1) is 24.4 Å². The Hall–Kier alpha value is -4.61. The molecule has 2 aliphatic heterocycles. The number of benzene rings is 3. The zero-order chi connectivity index (χ0) is 34.5. The molecule has 3 aromatic rings. The van der Waals surface area contributed by atoms with Gasteiger partial charge in [0.25, 0.3) is 0 Å². The van der Waals surface area contributed by atoms with E-state index >= 15 is 0 Å². The lowest BCUT2D eigenvalue weighted by molar-refractivity contribution is -0.157. The average molecular weight is 679 g/mol. The van der Waals surface area contributed by atoms with Crippen LogP contribution in [0.2, 0.25) is 0 Å². The molecule has 2 aliphatic carbocycles. The van der Waals surface area contributed by atoms with E-state index in [1.807, 2.05) is 72.8 Å². The first-order chi connectivity index (χ1) is 24.4. The van der Waals surface area contributed by atoms with Gasteiger partial charge < -0.3 is 34.7 Å². The molecule has 6 atom stereocenters. The first kappa shape index (κ1) is 33.9. The summed E-state index contributed by atoms with van der Waals surface area (Å²) in [5.41, 5.74) is 3.27. The number of esters is 1. The number of fused-ring (bicyclic) bond motifs is 2. The van der Waals surface area contributed by atoms with Crippen molar-refractivity contribution in [1.82, 2.24) is 10.6 Å². The molecule has 0 spiro atoms. The third-order valence-electron chi connectivity index (χ3n) is 9.76. The summed E-state index contributed by atoms with van der Waals surface area (Å²) in [6, 6.07) is 26.4. The van der Waals surface area contributed by atoms with Gasteiger partial charge in [-0.05, 0) is 49.0 Å². The predicted molar refractivity (Wildman–Crippen MR) is 185 cm³/mol. The van der Waals surface area contributed by atoms with Crippen LogP contribution >= 0.6 is 0 Å². The van der Waals surface area contributed by atoms with E-state index < -0.39 is 36.0 Å².